The lowest BCUT2D eigenvalue weighted by Crippen LogP contribution is -2.00. The Labute approximate surface area is 80.1 Å². The van der Waals surface area contributed by atoms with Crippen molar-refractivity contribution in [3.8, 4) is 11.8 Å². The predicted molar refractivity (Wildman–Crippen MR) is 45.5 cm³/mol. The van der Waals surface area contributed by atoms with Gasteiger partial charge in [-0.2, -0.15) is 0 Å². The molecule has 4 nitrogen and oxygen atoms in total. The Morgan fingerprint density at radius 3 is 2.79 bits per heavy atom. The topological polar surface area (TPSA) is 52.1 Å². The number of esters is 1. The van der Waals surface area contributed by atoms with E-state index in [0.29, 0.717) is 0 Å². The molecule has 1 rings (SSSR count). The highest BCUT2D eigenvalue weighted by atomic mass is 19.1. The molecule has 0 aliphatic rings. The Bertz CT molecular complexity index is 378. The molecule has 0 saturated heterocycles. The maximum Gasteiger partial charge on any atom is 0.384 e. The Kier molecular flexibility index (Phi) is 3.56. The van der Waals surface area contributed by atoms with E-state index in [2.05, 4.69) is 26.5 Å². The standard InChI is InChI=1S/C9H7FN2O2/c1-2-14-9(13)4-3-8-11-5-7(10)6-12-8/h5-6H,2H2,1H3. The third-order valence-corrected chi connectivity index (χ3v) is 1.17. The van der Waals surface area contributed by atoms with Gasteiger partial charge in [0.25, 0.3) is 0 Å². The number of carbonyl (C=O) groups is 1. The van der Waals surface area contributed by atoms with E-state index in [1.54, 1.807) is 6.92 Å². The minimum Gasteiger partial charge on any atom is -0.456 e. The van der Waals surface area contributed by atoms with Crippen LogP contribution >= 0.6 is 0 Å². The Hall–Kier alpha value is -1.96. The molecule has 1 aromatic rings. The molecular formula is C9H7FN2O2. The zero-order valence-corrected chi connectivity index (χ0v) is 7.45. The van der Waals surface area contributed by atoms with Crippen molar-refractivity contribution in [3.63, 3.8) is 0 Å². The van der Waals surface area contributed by atoms with Crippen molar-refractivity contribution in [2.24, 2.45) is 0 Å². The largest absolute Gasteiger partial charge is 0.456 e. The second kappa shape index (κ2) is 4.92. The first-order valence-corrected chi connectivity index (χ1v) is 3.88. The Morgan fingerprint density at radius 2 is 2.21 bits per heavy atom. The molecule has 0 radical (unpaired) electrons. The van der Waals surface area contributed by atoms with Crippen LogP contribution in [-0.2, 0) is 9.53 Å². The number of rotatable bonds is 1. The van der Waals surface area contributed by atoms with Crippen molar-refractivity contribution in [3.05, 3.63) is 24.0 Å². The van der Waals surface area contributed by atoms with Gasteiger partial charge in [-0.15, -0.1) is 0 Å². The van der Waals surface area contributed by atoms with Crippen molar-refractivity contribution < 1.29 is 13.9 Å². The Morgan fingerprint density at radius 1 is 1.57 bits per heavy atom. The Balaban J connectivity index is 2.68. The third-order valence-electron chi connectivity index (χ3n) is 1.17. The molecule has 0 bridgehead atoms. The summed E-state index contributed by atoms with van der Waals surface area (Å²) in [5.41, 5.74) is 0. The van der Waals surface area contributed by atoms with Crippen molar-refractivity contribution in [1.29, 1.82) is 0 Å². The predicted octanol–water partition coefficient (Wildman–Crippen LogP) is 0.530. The molecule has 0 spiro atoms. The molecule has 0 saturated carbocycles. The number of carbonyl (C=O) groups excluding carboxylic acids is 1. The fourth-order valence-corrected chi connectivity index (χ4v) is 0.651. The van der Waals surface area contributed by atoms with E-state index in [0.717, 1.165) is 12.4 Å². The average Bonchev–Trinajstić information content (AvgIpc) is 2.17. The summed E-state index contributed by atoms with van der Waals surface area (Å²) < 4.78 is 16.9. The molecular weight excluding hydrogens is 187 g/mol. The van der Waals surface area contributed by atoms with Gasteiger partial charge in [0, 0.05) is 5.92 Å². The number of hydrogen-bond acceptors (Lipinski definition) is 4. The molecule has 1 aromatic heterocycles. The molecule has 0 aliphatic heterocycles. The normalized spacial score (nSPS) is 8.71. The lowest BCUT2D eigenvalue weighted by Gasteiger charge is -1.90. The van der Waals surface area contributed by atoms with Gasteiger partial charge in [-0.25, -0.2) is 19.2 Å². The lowest BCUT2D eigenvalue weighted by atomic mass is 10.5. The second-order valence-corrected chi connectivity index (χ2v) is 2.20. The summed E-state index contributed by atoms with van der Waals surface area (Å²) in [4.78, 5) is 17.8. The van der Waals surface area contributed by atoms with Crippen LogP contribution in [0, 0.1) is 17.7 Å². The van der Waals surface area contributed by atoms with Gasteiger partial charge in [-0.1, -0.05) is 0 Å². The van der Waals surface area contributed by atoms with Crippen molar-refractivity contribution in [2.75, 3.05) is 6.61 Å². The molecule has 5 heteroatoms. The van der Waals surface area contributed by atoms with Crippen LogP contribution in [0.3, 0.4) is 0 Å². The summed E-state index contributed by atoms with van der Waals surface area (Å²) in [6.07, 6.45) is 1.95. The first-order valence-electron chi connectivity index (χ1n) is 3.88. The van der Waals surface area contributed by atoms with Gasteiger partial charge in [0.2, 0.25) is 5.82 Å². The monoisotopic (exact) mass is 194 g/mol. The van der Waals surface area contributed by atoms with Gasteiger partial charge in [0.1, 0.15) is 0 Å². The quantitative estimate of drug-likeness (QED) is 0.483. The van der Waals surface area contributed by atoms with Gasteiger partial charge in [0.15, 0.2) is 5.82 Å². The zero-order chi connectivity index (χ0) is 10.4. The zero-order valence-electron chi connectivity index (χ0n) is 7.45. The summed E-state index contributed by atoms with van der Waals surface area (Å²) in [6.45, 7) is 1.94. The highest BCUT2D eigenvalue weighted by molar-refractivity contribution is 5.88. The van der Waals surface area contributed by atoms with Gasteiger partial charge in [-0.3, -0.25) is 0 Å². The lowest BCUT2D eigenvalue weighted by molar-refractivity contribution is -0.136. The fourth-order valence-electron chi connectivity index (χ4n) is 0.651. The van der Waals surface area contributed by atoms with E-state index in [1.165, 1.54) is 0 Å². The molecule has 0 aliphatic carbocycles. The van der Waals surface area contributed by atoms with Gasteiger partial charge in [-0.05, 0) is 12.8 Å². The van der Waals surface area contributed by atoms with Crippen LogP contribution in [0.5, 0.6) is 0 Å². The van der Waals surface area contributed by atoms with Crippen LogP contribution in [0.4, 0.5) is 4.39 Å². The average molecular weight is 194 g/mol. The molecule has 14 heavy (non-hydrogen) atoms. The van der Waals surface area contributed by atoms with Crippen LogP contribution in [0.25, 0.3) is 0 Å². The molecule has 1 heterocycles. The highest BCUT2D eigenvalue weighted by Gasteiger charge is 1.95. The maximum absolute atomic E-state index is 12.3. The second-order valence-electron chi connectivity index (χ2n) is 2.20. The van der Waals surface area contributed by atoms with E-state index < -0.39 is 11.8 Å². The van der Waals surface area contributed by atoms with Gasteiger partial charge >= 0.3 is 5.97 Å². The molecule has 0 N–H and O–H groups in total. The van der Waals surface area contributed by atoms with Crippen molar-refractivity contribution >= 4 is 5.97 Å². The van der Waals surface area contributed by atoms with Crippen LogP contribution in [-0.4, -0.2) is 22.5 Å². The highest BCUT2D eigenvalue weighted by Crippen LogP contribution is 1.90. The minimum absolute atomic E-state index is 0.0828. The number of ether oxygens (including phenoxy) is 1. The maximum atomic E-state index is 12.3. The van der Waals surface area contributed by atoms with Gasteiger partial charge in [0.05, 0.1) is 19.0 Å². The SMILES string of the molecule is CCOC(=O)C#Cc1ncc(F)cn1. The third kappa shape index (κ3) is 3.19. The molecule has 0 fully saturated rings. The summed E-state index contributed by atoms with van der Waals surface area (Å²) in [5, 5.41) is 0. The number of hydrogen-bond donors (Lipinski definition) is 0. The number of halogens is 1. The van der Waals surface area contributed by atoms with Crippen LogP contribution in [0.1, 0.15) is 12.7 Å². The molecule has 0 unspecified atom stereocenters. The summed E-state index contributed by atoms with van der Waals surface area (Å²) >= 11 is 0. The van der Waals surface area contributed by atoms with Crippen molar-refractivity contribution in [1.82, 2.24) is 9.97 Å². The molecule has 0 atom stereocenters. The molecule has 72 valence electrons. The van der Waals surface area contributed by atoms with E-state index in [-0.39, 0.29) is 12.4 Å². The summed E-state index contributed by atoms with van der Waals surface area (Å²) in [7, 11) is 0. The number of aromatic nitrogens is 2. The minimum atomic E-state index is -0.652. The smallest absolute Gasteiger partial charge is 0.384 e. The van der Waals surface area contributed by atoms with Crippen LogP contribution in [0.2, 0.25) is 0 Å². The van der Waals surface area contributed by atoms with E-state index >= 15 is 0 Å². The van der Waals surface area contributed by atoms with Crippen LogP contribution < -0.4 is 0 Å². The first kappa shape index (κ1) is 10.1. The first-order chi connectivity index (χ1) is 6.72. The van der Waals surface area contributed by atoms with E-state index in [9.17, 15) is 9.18 Å². The van der Waals surface area contributed by atoms with E-state index in [4.69, 9.17) is 0 Å². The molecule has 0 amide bonds. The van der Waals surface area contributed by atoms with Gasteiger partial charge < -0.3 is 4.74 Å². The van der Waals surface area contributed by atoms with E-state index in [1.807, 2.05) is 0 Å². The van der Waals surface area contributed by atoms with Crippen molar-refractivity contribution in [2.45, 2.75) is 6.92 Å². The number of nitrogens with zero attached hydrogens (tertiary/aromatic N) is 2. The fraction of sp³-hybridized carbons (Fsp3) is 0.222. The molecule has 0 aromatic carbocycles. The van der Waals surface area contributed by atoms with Crippen LogP contribution in [0.15, 0.2) is 12.4 Å². The summed E-state index contributed by atoms with van der Waals surface area (Å²) in [5.74, 6) is 3.38. The summed E-state index contributed by atoms with van der Waals surface area (Å²) in [6, 6.07) is 0.